The highest BCUT2D eigenvalue weighted by molar-refractivity contribution is 5.66. The average molecular weight is 266 g/mol. The molecule has 2 heterocycles. The molecular formula is C12H18N4O3. The molecule has 1 fully saturated rings. The number of hydrogen-bond acceptors (Lipinski definition) is 6. The van der Waals surface area contributed by atoms with E-state index in [0.29, 0.717) is 32.1 Å². The van der Waals surface area contributed by atoms with Crippen LogP contribution >= 0.6 is 0 Å². The van der Waals surface area contributed by atoms with E-state index < -0.39 is 5.97 Å². The molecule has 1 aromatic rings. The average Bonchev–Trinajstić information content (AvgIpc) is 2.45. The van der Waals surface area contributed by atoms with Crippen molar-refractivity contribution in [3.8, 4) is 0 Å². The molecule has 0 aliphatic carbocycles. The van der Waals surface area contributed by atoms with Gasteiger partial charge in [0.2, 0.25) is 5.95 Å². The fourth-order valence-electron chi connectivity index (χ4n) is 1.82. The summed E-state index contributed by atoms with van der Waals surface area (Å²) in [6.07, 6.45) is 2.44. The summed E-state index contributed by atoms with van der Waals surface area (Å²) in [6, 6.07) is 1.78. The molecule has 0 amide bonds. The number of anilines is 2. The lowest BCUT2D eigenvalue weighted by atomic mass is 10.3. The quantitative estimate of drug-likeness (QED) is 0.728. The van der Waals surface area contributed by atoms with E-state index in [4.69, 9.17) is 9.84 Å². The molecule has 1 saturated heterocycles. The van der Waals surface area contributed by atoms with Gasteiger partial charge in [-0.15, -0.1) is 0 Å². The lowest BCUT2D eigenvalue weighted by Gasteiger charge is -2.26. The maximum absolute atomic E-state index is 10.4. The molecule has 1 aromatic heterocycles. The number of ether oxygens (including phenoxy) is 1. The van der Waals surface area contributed by atoms with Crippen molar-refractivity contribution in [3.05, 3.63) is 12.3 Å². The minimum atomic E-state index is -0.779. The Morgan fingerprint density at radius 2 is 2.26 bits per heavy atom. The molecule has 0 bridgehead atoms. The van der Waals surface area contributed by atoms with Crippen molar-refractivity contribution in [2.24, 2.45) is 0 Å². The van der Waals surface area contributed by atoms with Crippen LogP contribution in [0.2, 0.25) is 0 Å². The van der Waals surface area contributed by atoms with Crippen molar-refractivity contribution in [2.45, 2.75) is 12.8 Å². The second-order valence-corrected chi connectivity index (χ2v) is 4.27. The number of rotatable bonds is 6. The van der Waals surface area contributed by atoms with Crippen molar-refractivity contribution >= 4 is 17.7 Å². The van der Waals surface area contributed by atoms with Crippen LogP contribution in [-0.4, -0.2) is 53.9 Å². The molecule has 0 spiro atoms. The number of aliphatic carboxylic acids is 1. The number of hydrogen-bond donors (Lipinski definition) is 2. The highest BCUT2D eigenvalue weighted by Crippen LogP contribution is 2.12. The normalized spacial score (nSPS) is 15.3. The van der Waals surface area contributed by atoms with E-state index in [2.05, 4.69) is 20.2 Å². The summed E-state index contributed by atoms with van der Waals surface area (Å²) in [5, 5.41) is 11.7. The van der Waals surface area contributed by atoms with Crippen LogP contribution in [0.25, 0.3) is 0 Å². The summed E-state index contributed by atoms with van der Waals surface area (Å²) in [7, 11) is 0. The van der Waals surface area contributed by atoms with Crippen LogP contribution < -0.4 is 10.2 Å². The van der Waals surface area contributed by atoms with E-state index in [9.17, 15) is 4.79 Å². The maximum Gasteiger partial charge on any atom is 0.303 e. The monoisotopic (exact) mass is 266 g/mol. The summed E-state index contributed by atoms with van der Waals surface area (Å²) < 4.78 is 5.28. The van der Waals surface area contributed by atoms with Crippen molar-refractivity contribution in [1.29, 1.82) is 0 Å². The van der Waals surface area contributed by atoms with Gasteiger partial charge in [-0.05, 0) is 12.5 Å². The summed E-state index contributed by atoms with van der Waals surface area (Å²) in [6.45, 7) is 3.57. The van der Waals surface area contributed by atoms with Gasteiger partial charge < -0.3 is 20.1 Å². The Morgan fingerprint density at radius 3 is 3.00 bits per heavy atom. The zero-order valence-corrected chi connectivity index (χ0v) is 10.7. The number of carboxylic acids is 1. The zero-order valence-electron chi connectivity index (χ0n) is 10.7. The highest BCUT2D eigenvalue weighted by atomic mass is 16.5. The lowest BCUT2D eigenvalue weighted by Crippen LogP contribution is -2.37. The van der Waals surface area contributed by atoms with Gasteiger partial charge in [0.25, 0.3) is 0 Å². The summed E-state index contributed by atoms with van der Waals surface area (Å²) in [4.78, 5) is 21.1. The molecule has 0 saturated carbocycles. The van der Waals surface area contributed by atoms with Gasteiger partial charge in [0.05, 0.1) is 13.2 Å². The van der Waals surface area contributed by atoms with Crippen LogP contribution in [0.4, 0.5) is 11.8 Å². The fraction of sp³-hybridized carbons (Fsp3) is 0.583. The second kappa shape index (κ2) is 6.89. The van der Waals surface area contributed by atoms with Crippen LogP contribution in [0.5, 0.6) is 0 Å². The van der Waals surface area contributed by atoms with E-state index >= 15 is 0 Å². The standard InChI is InChI=1S/C12H18N4O3/c17-11(18)2-1-4-13-10-3-5-14-12(15-10)16-6-8-19-9-7-16/h3,5H,1-2,4,6-9H2,(H,17,18)(H,13,14,15). The van der Waals surface area contributed by atoms with Crippen molar-refractivity contribution in [1.82, 2.24) is 9.97 Å². The van der Waals surface area contributed by atoms with Gasteiger partial charge in [-0.1, -0.05) is 0 Å². The fourth-order valence-corrected chi connectivity index (χ4v) is 1.82. The summed E-state index contributed by atoms with van der Waals surface area (Å²) in [5.41, 5.74) is 0. The van der Waals surface area contributed by atoms with E-state index in [1.807, 2.05) is 0 Å². The second-order valence-electron chi connectivity index (χ2n) is 4.27. The minimum Gasteiger partial charge on any atom is -0.481 e. The van der Waals surface area contributed by atoms with Crippen LogP contribution in [-0.2, 0) is 9.53 Å². The van der Waals surface area contributed by atoms with Crippen molar-refractivity contribution in [3.63, 3.8) is 0 Å². The Kier molecular flexibility index (Phi) is 4.91. The first-order valence-corrected chi connectivity index (χ1v) is 6.37. The smallest absolute Gasteiger partial charge is 0.303 e. The van der Waals surface area contributed by atoms with Crippen LogP contribution in [0.1, 0.15) is 12.8 Å². The van der Waals surface area contributed by atoms with Gasteiger partial charge in [-0.25, -0.2) is 4.98 Å². The molecule has 0 atom stereocenters. The number of carbonyl (C=O) groups is 1. The first-order valence-electron chi connectivity index (χ1n) is 6.37. The van der Waals surface area contributed by atoms with E-state index in [0.717, 1.165) is 18.9 Å². The van der Waals surface area contributed by atoms with Gasteiger partial charge in [0, 0.05) is 32.3 Å². The zero-order chi connectivity index (χ0) is 13.5. The summed E-state index contributed by atoms with van der Waals surface area (Å²) in [5.74, 6) is 0.631. The number of carboxylic acid groups (broad SMARTS) is 1. The topological polar surface area (TPSA) is 87.6 Å². The van der Waals surface area contributed by atoms with Gasteiger partial charge in [-0.3, -0.25) is 4.79 Å². The molecule has 1 aliphatic rings. The Hall–Kier alpha value is -1.89. The number of morpholine rings is 1. The predicted molar refractivity (Wildman–Crippen MR) is 70.4 cm³/mol. The number of aromatic nitrogens is 2. The van der Waals surface area contributed by atoms with Crippen LogP contribution in [0.15, 0.2) is 12.3 Å². The molecule has 1 aliphatic heterocycles. The molecule has 0 radical (unpaired) electrons. The van der Waals surface area contributed by atoms with Crippen molar-refractivity contribution < 1.29 is 14.6 Å². The molecule has 104 valence electrons. The van der Waals surface area contributed by atoms with Crippen LogP contribution in [0, 0.1) is 0 Å². The first kappa shape index (κ1) is 13.5. The predicted octanol–water partition coefficient (Wildman–Crippen LogP) is 0.590. The van der Waals surface area contributed by atoms with Crippen molar-refractivity contribution in [2.75, 3.05) is 43.1 Å². The Balaban J connectivity index is 1.85. The molecule has 7 heteroatoms. The Labute approximate surface area is 111 Å². The van der Waals surface area contributed by atoms with Gasteiger partial charge in [0.15, 0.2) is 0 Å². The SMILES string of the molecule is O=C(O)CCCNc1ccnc(N2CCOCC2)n1. The van der Waals surface area contributed by atoms with E-state index in [-0.39, 0.29) is 6.42 Å². The minimum absolute atomic E-state index is 0.161. The van der Waals surface area contributed by atoms with Gasteiger partial charge in [-0.2, -0.15) is 4.98 Å². The largest absolute Gasteiger partial charge is 0.481 e. The van der Waals surface area contributed by atoms with E-state index in [1.54, 1.807) is 12.3 Å². The third-order valence-corrected chi connectivity index (χ3v) is 2.81. The molecule has 0 aromatic carbocycles. The van der Waals surface area contributed by atoms with Gasteiger partial charge in [0.1, 0.15) is 5.82 Å². The van der Waals surface area contributed by atoms with Gasteiger partial charge >= 0.3 is 5.97 Å². The molecule has 19 heavy (non-hydrogen) atoms. The first-order chi connectivity index (χ1) is 9.25. The van der Waals surface area contributed by atoms with Crippen LogP contribution in [0.3, 0.4) is 0 Å². The molecule has 0 unspecified atom stereocenters. The Bertz CT molecular complexity index is 421. The van der Waals surface area contributed by atoms with E-state index in [1.165, 1.54) is 0 Å². The number of nitrogens with zero attached hydrogens (tertiary/aromatic N) is 3. The number of nitrogens with one attached hydrogen (secondary N) is 1. The third-order valence-electron chi connectivity index (χ3n) is 2.81. The molecule has 2 rings (SSSR count). The molecule has 7 nitrogen and oxygen atoms in total. The molecule has 2 N–H and O–H groups in total. The maximum atomic E-state index is 10.4. The molecular weight excluding hydrogens is 248 g/mol. The highest BCUT2D eigenvalue weighted by Gasteiger charge is 2.13. The Morgan fingerprint density at radius 1 is 1.47 bits per heavy atom. The summed E-state index contributed by atoms with van der Waals surface area (Å²) >= 11 is 0. The third kappa shape index (κ3) is 4.36. The lowest BCUT2D eigenvalue weighted by molar-refractivity contribution is -0.137.